The highest BCUT2D eigenvalue weighted by Crippen LogP contribution is 2.34. The Balaban J connectivity index is 1.54. The summed E-state index contributed by atoms with van der Waals surface area (Å²) in [7, 11) is 1.81. The molecule has 9 heteroatoms. The Kier molecular flexibility index (Phi) is 6.62. The number of hydrogen-bond donors (Lipinski definition) is 4. The van der Waals surface area contributed by atoms with Gasteiger partial charge in [-0.05, 0) is 36.4 Å². The van der Waals surface area contributed by atoms with E-state index in [9.17, 15) is 9.59 Å². The first-order valence-electron chi connectivity index (χ1n) is 12.2. The smallest absolute Gasteiger partial charge is 0.320 e. The summed E-state index contributed by atoms with van der Waals surface area (Å²) in [5.74, 6) is -0.0344. The van der Waals surface area contributed by atoms with Crippen molar-refractivity contribution in [1.29, 1.82) is 0 Å². The molecule has 1 fully saturated rings. The summed E-state index contributed by atoms with van der Waals surface area (Å²) in [6.07, 6.45) is 0.0688. The number of urea groups is 1. The molecule has 3 aromatic rings. The summed E-state index contributed by atoms with van der Waals surface area (Å²) in [5, 5.41) is 12.4. The van der Waals surface area contributed by atoms with Crippen LogP contribution in [-0.2, 0) is 9.53 Å². The zero-order chi connectivity index (χ0) is 26.0. The van der Waals surface area contributed by atoms with E-state index in [1.165, 1.54) is 0 Å². The van der Waals surface area contributed by atoms with Gasteiger partial charge < -0.3 is 26.0 Å². The van der Waals surface area contributed by atoms with Crippen molar-refractivity contribution in [3.63, 3.8) is 0 Å². The van der Waals surface area contributed by atoms with E-state index in [-0.39, 0.29) is 5.78 Å². The number of nitrogens with one attached hydrogen (secondary N) is 4. The number of benzodiazepines with no additional fused rings is 1. The fraction of sp³-hybridized carbons (Fsp3) is 0.286. The van der Waals surface area contributed by atoms with E-state index in [0.29, 0.717) is 23.7 Å². The Morgan fingerprint density at radius 3 is 2.57 bits per heavy atom. The standard InChI is InChI=1S/C28H30N6O3/c1-28(2)16-37-24(25(28)35)23-26(34-27(36)31-18-10-8-9-17(15-18)29-3)33-22(21-13-6-7-14-30-21)19-11-4-5-12-20(19)32-23/h4-15,23-24,26,29,32H,16H2,1-3H3,(H2,31,34,36)/t23?,24-,26?/m1/s1. The van der Waals surface area contributed by atoms with Crippen LogP contribution in [0.15, 0.2) is 77.9 Å². The molecule has 9 nitrogen and oxygen atoms in total. The number of rotatable bonds is 5. The number of aromatic nitrogens is 1. The van der Waals surface area contributed by atoms with Gasteiger partial charge in [0.15, 0.2) is 5.78 Å². The number of amides is 2. The quantitative estimate of drug-likeness (QED) is 0.424. The van der Waals surface area contributed by atoms with Crippen LogP contribution >= 0.6 is 0 Å². The van der Waals surface area contributed by atoms with Gasteiger partial charge in [0, 0.05) is 41.3 Å². The van der Waals surface area contributed by atoms with Gasteiger partial charge in [0.05, 0.1) is 18.0 Å². The molecule has 4 N–H and O–H groups in total. The summed E-state index contributed by atoms with van der Waals surface area (Å²) in [4.78, 5) is 36.0. The lowest BCUT2D eigenvalue weighted by Gasteiger charge is -2.29. The third kappa shape index (κ3) is 5.03. The molecule has 0 aliphatic carbocycles. The highest BCUT2D eigenvalue weighted by Gasteiger charge is 2.49. The number of para-hydroxylation sites is 1. The lowest BCUT2D eigenvalue weighted by atomic mass is 9.86. The van der Waals surface area contributed by atoms with Gasteiger partial charge in [-0.15, -0.1) is 0 Å². The van der Waals surface area contributed by atoms with Gasteiger partial charge in [-0.3, -0.25) is 14.8 Å². The predicted molar refractivity (Wildman–Crippen MR) is 144 cm³/mol. The van der Waals surface area contributed by atoms with Gasteiger partial charge in [-0.1, -0.05) is 44.2 Å². The van der Waals surface area contributed by atoms with Crippen molar-refractivity contribution in [2.45, 2.75) is 32.2 Å². The molecule has 2 unspecified atom stereocenters. The maximum atomic E-state index is 13.3. The van der Waals surface area contributed by atoms with Crippen molar-refractivity contribution in [3.8, 4) is 0 Å². The molecule has 0 bridgehead atoms. The van der Waals surface area contributed by atoms with E-state index >= 15 is 0 Å². The molecule has 0 radical (unpaired) electrons. The third-order valence-electron chi connectivity index (χ3n) is 6.58. The van der Waals surface area contributed by atoms with Gasteiger partial charge in [0.2, 0.25) is 0 Å². The average molecular weight is 499 g/mol. The molecule has 2 aromatic carbocycles. The van der Waals surface area contributed by atoms with Crippen LogP contribution in [0.1, 0.15) is 25.1 Å². The van der Waals surface area contributed by atoms with E-state index in [0.717, 1.165) is 16.9 Å². The molecular formula is C28H30N6O3. The third-order valence-corrected chi connectivity index (χ3v) is 6.58. The number of hydrogen-bond acceptors (Lipinski definition) is 7. The number of anilines is 3. The van der Waals surface area contributed by atoms with Crippen LogP contribution in [0.25, 0.3) is 0 Å². The van der Waals surface area contributed by atoms with Crippen molar-refractivity contribution in [1.82, 2.24) is 10.3 Å². The summed E-state index contributed by atoms with van der Waals surface area (Å²) in [6, 6.07) is 19.6. The molecular weight excluding hydrogens is 468 g/mol. The van der Waals surface area contributed by atoms with Gasteiger partial charge >= 0.3 is 6.03 Å². The van der Waals surface area contributed by atoms with Crippen LogP contribution in [0.3, 0.4) is 0 Å². The van der Waals surface area contributed by atoms with Gasteiger partial charge in [-0.25, -0.2) is 4.79 Å². The normalized spacial score (nSPS) is 22.2. The minimum atomic E-state index is -0.834. The number of aliphatic imine (C=N–C) groups is 1. The maximum Gasteiger partial charge on any atom is 0.320 e. The summed E-state index contributed by atoms with van der Waals surface area (Å²) < 4.78 is 6.01. The number of Topliss-reactive ketones (excluding diaryl/α,β-unsaturated/α-hetero) is 1. The minimum Gasteiger partial charge on any atom is -0.388 e. The molecule has 3 atom stereocenters. The van der Waals surface area contributed by atoms with E-state index in [2.05, 4.69) is 26.3 Å². The molecule has 3 heterocycles. The Bertz CT molecular complexity index is 1340. The Morgan fingerprint density at radius 2 is 1.84 bits per heavy atom. The second kappa shape index (κ2) is 10.0. The largest absolute Gasteiger partial charge is 0.388 e. The highest BCUT2D eigenvalue weighted by atomic mass is 16.5. The minimum absolute atomic E-state index is 0.0344. The van der Waals surface area contributed by atoms with Crippen molar-refractivity contribution >= 4 is 34.6 Å². The monoisotopic (exact) mass is 498 g/mol. The summed E-state index contributed by atoms with van der Waals surface area (Å²) >= 11 is 0. The first kappa shape index (κ1) is 24.5. The van der Waals surface area contributed by atoms with E-state index in [4.69, 9.17) is 9.73 Å². The molecule has 2 aliphatic heterocycles. The van der Waals surface area contributed by atoms with Crippen LogP contribution in [0.5, 0.6) is 0 Å². The summed E-state index contributed by atoms with van der Waals surface area (Å²) in [6.45, 7) is 4.03. The first-order chi connectivity index (χ1) is 17.9. The lowest BCUT2D eigenvalue weighted by Crippen LogP contribution is -2.54. The van der Waals surface area contributed by atoms with Crippen molar-refractivity contribution in [2.75, 3.05) is 29.6 Å². The fourth-order valence-electron chi connectivity index (χ4n) is 4.58. The number of ketones is 1. The summed E-state index contributed by atoms with van der Waals surface area (Å²) in [5.41, 5.74) is 3.72. The molecule has 2 amide bonds. The number of carbonyl (C=O) groups excluding carboxylic acids is 2. The second-order valence-electron chi connectivity index (χ2n) is 9.76. The molecule has 5 rings (SSSR count). The number of carbonyl (C=O) groups is 2. The second-order valence-corrected chi connectivity index (χ2v) is 9.76. The molecule has 37 heavy (non-hydrogen) atoms. The van der Waals surface area contributed by atoms with E-state index in [1.54, 1.807) is 12.3 Å². The number of ether oxygens (including phenoxy) is 1. The lowest BCUT2D eigenvalue weighted by molar-refractivity contribution is -0.127. The molecule has 0 spiro atoms. The number of benzene rings is 2. The Hall–Kier alpha value is -4.24. The Morgan fingerprint density at radius 1 is 1.05 bits per heavy atom. The molecule has 0 saturated carbocycles. The van der Waals surface area contributed by atoms with Crippen LogP contribution in [-0.4, -0.2) is 54.5 Å². The van der Waals surface area contributed by atoms with Crippen LogP contribution in [0.2, 0.25) is 0 Å². The molecule has 190 valence electrons. The SMILES string of the molecule is CNc1cccc(NC(=O)NC2N=C(c3ccccn3)c3ccccc3NC2[C@H]2OCC(C)(C)C2=O)c1. The molecule has 2 aliphatic rings. The van der Waals surface area contributed by atoms with Crippen molar-refractivity contribution in [3.05, 3.63) is 84.2 Å². The van der Waals surface area contributed by atoms with Gasteiger partial charge in [0.25, 0.3) is 0 Å². The van der Waals surface area contributed by atoms with Crippen molar-refractivity contribution in [2.24, 2.45) is 10.4 Å². The topological polar surface area (TPSA) is 117 Å². The average Bonchev–Trinajstić information content (AvgIpc) is 3.07. The zero-order valence-corrected chi connectivity index (χ0v) is 21.0. The van der Waals surface area contributed by atoms with Crippen LogP contribution in [0, 0.1) is 5.41 Å². The molecule has 1 saturated heterocycles. The number of pyridine rings is 1. The van der Waals surface area contributed by atoms with Crippen molar-refractivity contribution < 1.29 is 14.3 Å². The molecule has 1 aromatic heterocycles. The predicted octanol–water partition coefficient (Wildman–Crippen LogP) is 3.90. The van der Waals surface area contributed by atoms with Gasteiger partial charge in [-0.2, -0.15) is 0 Å². The van der Waals surface area contributed by atoms with E-state index < -0.39 is 29.8 Å². The van der Waals surface area contributed by atoms with Gasteiger partial charge in [0.1, 0.15) is 18.3 Å². The fourth-order valence-corrected chi connectivity index (χ4v) is 4.58. The Labute approximate surface area is 215 Å². The highest BCUT2D eigenvalue weighted by molar-refractivity contribution is 6.15. The van der Waals surface area contributed by atoms with Crippen LogP contribution < -0.4 is 21.3 Å². The van der Waals surface area contributed by atoms with E-state index in [1.807, 2.05) is 81.6 Å². The number of fused-ring (bicyclic) bond motifs is 1. The maximum absolute atomic E-state index is 13.3. The van der Waals surface area contributed by atoms with Crippen LogP contribution in [0.4, 0.5) is 21.9 Å². The zero-order valence-electron chi connectivity index (χ0n) is 21.0. The first-order valence-corrected chi connectivity index (χ1v) is 12.2. The number of nitrogens with zero attached hydrogens (tertiary/aromatic N) is 2.